The quantitative estimate of drug-likeness (QED) is 0.872. The summed E-state index contributed by atoms with van der Waals surface area (Å²) in [7, 11) is 0. The van der Waals surface area contributed by atoms with Gasteiger partial charge in [0, 0.05) is 17.6 Å². The van der Waals surface area contributed by atoms with Crippen molar-refractivity contribution in [2.75, 3.05) is 0 Å². The van der Waals surface area contributed by atoms with Crippen LogP contribution in [0.15, 0.2) is 42.5 Å². The van der Waals surface area contributed by atoms with Crippen molar-refractivity contribution in [3.8, 4) is 0 Å². The van der Waals surface area contributed by atoms with Crippen LogP contribution in [0.5, 0.6) is 0 Å². The normalized spacial score (nSPS) is 12.4. The molecule has 0 saturated heterocycles. The summed E-state index contributed by atoms with van der Waals surface area (Å²) >= 11 is 5.95. The highest BCUT2D eigenvalue weighted by Gasteiger charge is 2.07. The summed E-state index contributed by atoms with van der Waals surface area (Å²) in [5, 5.41) is 3.67. The van der Waals surface area contributed by atoms with Gasteiger partial charge in [0.05, 0.1) is 0 Å². The van der Waals surface area contributed by atoms with E-state index in [1.807, 2.05) is 6.92 Å². The lowest BCUT2D eigenvalue weighted by Crippen LogP contribution is -2.18. The fraction of sp³-hybridized carbons (Fsp3) is 0.200. The summed E-state index contributed by atoms with van der Waals surface area (Å²) in [5.41, 5.74) is 1.82. The molecule has 2 aromatic carbocycles. The Labute approximate surface area is 116 Å². The van der Waals surface area contributed by atoms with E-state index < -0.39 is 0 Å². The van der Waals surface area contributed by atoms with Crippen molar-refractivity contribution in [3.05, 3.63) is 70.2 Å². The molecule has 0 unspecified atom stereocenters. The van der Waals surface area contributed by atoms with Gasteiger partial charge in [-0.1, -0.05) is 29.8 Å². The summed E-state index contributed by atoms with van der Waals surface area (Å²) in [6.07, 6.45) is 0. The standard InChI is InChI=1S/C15H14ClF2N/c1-10(11-2-5-13(17)6-3-11)19-9-12-4-7-14(18)8-15(12)16/h2-8,10,19H,9H2,1H3/t10-/m0/s1. The minimum atomic E-state index is -0.347. The molecule has 0 aromatic heterocycles. The van der Waals surface area contributed by atoms with E-state index >= 15 is 0 Å². The number of hydrogen-bond donors (Lipinski definition) is 1. The van der Waals surface area contributed by atoms with E-state index in [1.165, 1.54) is 24.3 Å². The fourth-order valence-electron chi connectivity index (χ4n) is 1.80. The number of nitrogens with one attached hydrogen (secondary N) is 1. The van der Waals surface area contributed by atoms with Crippen LogP contribution in [0, 0.1) is 11.6 Å². The van der Waals surface area contributed by atoms with Crippen molar-refractivity contribution in [1.29, 1.82) is 0 Å². The van der Waals surface area contributed by atoms with Crippen LogP contribution < -0.4 is 5.32 Å². The first-order valence-corrected chi connectivity index (χ1v) is 6.37. The number of hydrogen-bond acceptors (Lipinski definition) is 1. The van der Waals surface area contributed by atoms with Crippen LogP contribution in [0.3, 0.4) is 0 Å². The second-order valence-corrected chi connectivity index (χ2v) is 4.80. The lowest BCUT2D eigenvalue weighted by Gasteiger charge is -2.15. The molecule has 0 aliphatic carbocycles. The molecule has 1 N–H and O–H groups in total. The summed E-state index contributed by atoms with van der Waals surface area (Å²) in [6.45, 7) is 2.50. The molecule has 0 heterocycles. The SMILES string of the molecule is C[C@H](NCc1ccc(F)cc1Cl)c1ccc(F)cc1. The maximum absolute atomic E-state index is 12.9. The van der Waals surface area contributed by atoms with E-state index in [2.05, 4.69) is 5.32 Å². The number of rotatable bonds is 4. The molecule has 2 aromatic rings. The lowest BCUT2D eigenvalue weighted by molar-refractivity contribution is 0.569. The molecule has 0 fully saturated rings. The first-order chi connectivity index (χ1) is 9.06. The summed E-state index contributed by atoms with van der Waals surface area (Å²) < 4.78 is 25.7. The summed E-state index contributed by atoms with van der Waals surface area (Å²) in [5.74, 6) is -0.599. The van der Waals surface area contributed by atoms with E-state index in [0.717, 1.165) is 11.1 Å². The molecule has 0 radical (unpaired) electrons. The molecule has 0 aliphatic heterocycles. The van der Waals surface area contributed by atoms with Crippen LogP contribution >= 0.6 is 11.6 Å². The molecule has 0 amide bonds. The lowest BCUT2D eigenvalue weighted by atomic mass is 10.1. The third-order valence-electron chi connectivity index (χ3n) is 2.98. The highest BCUT2D eigenvalue weighted by atomic mass is 35.5. The van der Waals surface area contributed by atoms with Gasteiger partial charge in [-0.05, 0) is 42.3 Å². The van der Waals surface area contributed by atoms with E-state index in [4.69, 9.17) is 11.6 Å². The predicted octanol–water partition coefficient (Wildman–Crippen LogP) is 4.47. The van der Waals surface area contributed by atoms with Gasteiger partial charge in [-0.15, -0.1) is 0 Å². The van der Waals surface area contributed by atoms with Gasteiger partial charge in [-0.2, -0.15) is 0 Å². The van der Waals surface area contributed by atoms with Crippen molar-refractivity contribution in [2.45, 2.75) is 19.5 Å². The van der Waals surface area contributed by atoms with Crippen LogP contribution in [-0.2, 0) is 6.54 Å². The van der Waals surface area contributed by atoms with E-state index in [9.17, 15) is 8.78 Å². The molecule has 19 heavy (non-hydrogen) atoms. The first-order valence-electron chi connectivity index (χ1n) is 5.99. The Bertz CT molecular complexity index is 555. The van der Waals surface area contributed by atoms with Crippen LogP contribution in [0.1, 0.15) is 24.1 Å². The molecule has 100 valence electrons. The molecule has 0 spiro atoms. The maximum atomic E-state index is 12.9. The topological polar surface area (TPSA) is 12.0 Å². The zero-order chi connectivity index (χ0) is 13.8. The smallest absolute Gasteiger partial charge is 0.124 e. The molecular weight excluding hydrogens is 268 g/mol. The Hall–Kier alpha value is -1.45. The molecule has 1 nitrogen and oxygen atoms in total. The zero-order valence-electron chi connectivity index (χ0n) is 10.5. The van der Waals surface area contributed by atoms with Gasteiger partial charge in [0.1, 0.15) is 11.6 Å². The molecule has 4 heteroatoms. The molecule has 1 atom stereocenters. The third-order valence-corrected chi connectivity index (χ3v) is 3.34. The van der Waals surface area contributed by atoms with Gasteiger partial charge >= 0.3 is 0 Å². The molecule has 0 saturated carbocycles. The molecular formula is C15H14ClF2N. The third kappa shape index (κ3) is 3.75. The largest absolute Gasteiger partial charge is 0.306 e. The Kier molecular flexibility index (Phi) is 4.51. The van der Waals surface area contributed by atoms with Gasteiger partial charge in [-0.25, -0.2) is 8.78 Å². The molecule has 0 aliphatic rings. The first kappa shape index (κ1) is 14.0. The van der Waals surface area contributed by atoms with Crippen LogP contribution in [0.2, 0.25) is 5.02 Å². The maximum Gasteiger partial charge on any atom is 0.124 e. The highest BCUT2D eigenvalue weighted by molar-refractivity contribution is 6.31. The van der Waals surface area contributed by atoms with Crippen molar-refractivity contribution in [3.63, 3.8) is 0 Å². The fourth-order valence-corrected chi connectivity index (χ4v) is 2.03. The molecule has 0 bridgehead atoms. The summed E-state index contributed by atoms with van der Waals surface area (Å²) in [4.78, 5) is 0. The van der Waals surface area contributed by atoms with Crippen LogP contribution in [-0.4, -0.2) is 0 Å². The average Bonchev–Trinajstić information content (AvgIpc) is 2.38. The Morgan fingerprint density at radius 2 is 1.68 bits per heavy atom. The molecule has 2 rings (SSSR count). The van der Waals surface area contributed by atoms with Gasteiger partial charge in [0.25, 0.3) is 0 Å². The Balaban J connectivity index is 2.00. The monoisotopic (exact) mass is 281 g/mol. The number of benzene rings is 2. The van der Waals surface area contributed by atoms with Crippen LogP contribution in [0.4, 0.5) is 8.78 Å². The second-order valence-electron chi connectivity index (χ2n) is 4.39. The van der Waals surface area contributed by atoms with E-state index in [1.54, 1.807) is 18.2 Å². The van der Waals surface area contributed by atoms with Crippen molar-refractivity contribution in [1.82, 2.24) is 5.32 Å². The van der Waals surface area contributed by atoms with Gasteiger partial charge in [0.15, 0.2) is 0 Å². The van der Waals surface area contributed by atoms with Gasteiger partial charge in [-0.3, -0.25) is 0 Å². The highest BCUT2D eigenvalue weighted by Crippen LogP contribution is 2.19. The van der Waals surface area contributed by atoms with Crippen molar-refractivity contribution >= 4 is 11.6 Å². The zero-order valence-corrected chi connectivity index (χ0v) is 11.2. The van der Waals surface area contributed by atoms with Gasteiger partial charge < -0.3 is 5.32 Å². The van der Waals surface area contributed by atoms with E-state index in [0.29, 0.717) is 11.6 Å². The van der Waals surface area contributed by atoms with Gasteiger partial charge in [0.2, 0.25) is 0 Å². The minimum Gasteiger partial charge on any atom is -0.306 e. The Morgan fingerprint density at radius 1 is 1.05 bits per heavy atom. The van der Waals surface area contributed by atoms with E-state index in [-0.39, 0.29) is 17.7 Å². The minimum absolute atomic E-state index is 0.0571. The van der Waals surface area contributed by atoms with Crippen LogP contribution in [0.25, 0.3) is 0 Å². The second kappa shape index (κ2) is 6.13. The van der Waals surface area contributed by atoms with Crippen molar-refractivity contribution < 1.29 is 8.78 Å². The Morgan fingerprint density at radius 3 is 2.32 bits per heavy atom. The average molecular weight is 282 g/mol. The van der Waals surface area contributed by atoms with Crippen molar-refractivity contribution in [2.24, 2.45) is 0 Å². The summed E-state index contributed by atoms with van der Waals surface area (Å²) in [6, 6.07) is 10.7. The number of halogens is 3. The predicted molar refractivity (Wildman–Crippen MR) is 73.1 cm³/mol.